The van der Waals surface area contributed by atoms with Crippen molar-refractivity contribution in [2.45, 2.75) is 38.8 Å². The molecule has 5 rings (SSSR count). The minimum Gasteiger partial charge on any atom is -0.341 e. The average molecular weight is 503 g/mol. The molecular formula is C27H30N6O4. The Morgan fingerprint density at radius 2 is 1.81 bits per heavy atom. The number of carbonyl (C=O) groups excluding carboxylic acids is 2. The number of hydrogen-bond donors (Lipinski definition) is 1. The van der Waals surface area contributed by atoms with Gasteiger partial charge in [-0.2, -0.15) is 0 Å². The van der Waals surface area contributed by atoms with E-state index in [1.807, 2.05) is 36.1 Å². The van der Waals surface area contributed by atoms with Crippen LogP contribution in [0.4, 0.5) is 10.5 Å². The number of carbonyl (C=O) groups is 2. The summed E-state index contributed by atoms with van der Waals surface area (Å²) in [6.45, 7) is 3.32. The minimum atomic E-state index is -0.542. The van der Waals surface area contributed by atoms with Crippen LogP contribution in [0.2, 0.25) is 0 Å². The fourth-order valence-corrected chi connectivity index (χ4v) is 5.18. The number of nitrogens with zero attached hydrogens (tertiary/aromatic N) is 5. The molecule has 37 heavy (non-hydrogen) atoms. The van der Waals surface area contributed by atoms with E-state index in [4.69, 9.17) is 0 Å². The molecule has 10 nitrogen and oxygen atoms in total. The number of piperidine rings is 1. The largest absolute Gasteiger partial charge is 0.341 e. The van der Waals surface area contributed by atoms with Gasteiger partial charge in [0.25, 0.3) is 5.56 Å². The van der Waals surface area contributed by atoms with Crippen LogP contribution in [0.1, 0.15) is 24.0 Å². The summed E-state index contributed by atoms with van der Waals surface area (Å²) >= 11 is 0. The van der Waals surface area contributed by atoms with E-state index in [9.17, 15) is 19.2 Å². The van der Waals surface area contributed by atoms with Crippen LogP contribution in [0.3, 0.4) is 0 Å². The third kappa shape index (κ3) is 4.78. The molecule has 0 radical (unpaired) electrons. The molecule has 0 bridgehead atoms. The maximum absolute atomic E-state index is 13.2. The number of aromatic nitrogens is 3. The lowest BCUT2D eigenvalue weighted by atomic mass is 10.0. The zero-order valence-electron chi connectivity index (χ0n) is 21.0. The summed E-state index contributed by atoms with van der Waals surface area (Å²) in [6.07, 6.45) is 6.79. The molecule has 2 aromatic heterocycles. The summed E-state index contributed by atoms with van der Waals surface area (Å²) in [7, 11) is 1.41. The molecule has 1 saturated heterocycles. The van der Waals surface area contributed by atoms with Gasteiger partial charge in [0.15, 0.2) is 0 Å². The number of pyridine rings is 1. The summed E-state index contributed by atoms with van der Waals surface area (Å²) < 4.78 is 2.31. The Bertz CT molecular complexity index is 1470. The molecule has 0 saturated carbocycles. The van der Waals surface area contributed by atoms with Gasteiger partial charge in [-0.15, -0.1) is 0 Å². The summed E-state index contributed by atoms with van der Waals surface area (Å²) in [5, 5.41) is 3.01. The molecule has 0 atom stereocenters. The first-order chi connectivity index (χ1) is 17.8. The van der Waals surface area contributed by atoms with E-state index >= 15 is 0 Å². The number of para-hydroxylation sites is 1. The van der Waals surface area contributed by atoms with E-state index in [-0.39, 0.29) is 24.5 Å². The maximum atomic E-state index is 13.2. The Morgan fingerprint density at radius 3 is 2.57 bits per heavy atom. The number of fused-ring (bicyclic) bond motifs is 1. The highest BCUT2D eigenvalue weighted by Crippen LogP contribution is 2.24. The fourth-order valence-electron chi connectivity index (χ4n) is 5.18. The van der Waals surface area contributed by atoms with E-state index in [1.54, 1.807) is 23.4 Å². The number of amides is 3. The number of rotatable bonds is 4. The van der Waals surface area contributed by atoms with Crippen molar-refractivity contribution in [1.29, 1.82) is 0 Å². The predicted octanol–water partition coefficient (Wildman–Crippen LogP) is 2.00. The number of nitrogens with one attached hydrogen (secondary N) is 1. The lowest BCUT2D eigenvalue weighted by molar-refractivity contribution is -0.133. The SMILES string of the molecule is Cc1ccncc1-c1cn(CC(=O)N2CCC(N3CCc4ccccc4NC3=O)CC2)c(=O)n(C)c1=O. The van der Waals surface area contributed by atoms with Gasteiger partial charge in [0, 0.05) is 62.6 Å². The normalized spacial score (nSPS) is 16.2. The fraction of sp³-hybridized carbons (Fsp3) is 0.370. The molecule has 1 N–H and O–H groups in total. The molecule has 10 heteroatoms. The van der Waals surface area contributed by atoms with Crippen LogP contribution in [0, 0.1) is 6.92 Å². The molecule has 2 aliphatic rings. The zero-order chi connectivity index (χ0) is 26.1. The Labute approximate surface area is 214 Å². The molecule has 0 aliphatic carbocycles. The highest BCUT2D eigenvalue weighted by atomic mass is 16.2. The molecule has 4 heterocycles. The first-order valence-corrected chi connectivity index (χ1v) is 12.5. The van der Waals surface area contributed by atoms with Crippen molar-refractivity contribution in [1.82, 2.24) is 23.9 Å². The number of likely N-dealkylation sites (tertiary alicyclic amines) is 1. The van der Waals surface area contributed by atoms with Gasteiger partial charge >= 0.3 is 11.7 Å². The molecule has 1 aromatic carbocycles. The van der Waals surface area contributed by atoms with Crippen molar-refractivity contribution in [3.05, 3.63) is 80.9 Å². The summed E-state index contributed by atoms with van der Waals surface area (Å²) in [5.74, 6) is -0.194. The number of benzene rings is 1. The standard InChI is InChI=1S/C27H30N6O4/c1-18-7-11-28-15-21(18)22-16-32(27(37)30(2)25(22)35)17-24(34)31-12-9-20(10-13-31)33-14-8-19-5-3-4-6-23(19)29-26(33)36/h3-7,11,15-16,20H,8-10,12-14,17H2,1-2H3,(H,29,36). The topological polar surface area (TPSA) is 110 Å². The maximum Gasteiger partial charge on any atom is 0.331 e. The van der Waals surface area contributed by atoms with Crippen LogP contribution in [-0.2, 0) is 24.8 Å². The second-order valence-corrected chi connectivity index (χ2v) is 9.65. The van der Waals surface area contributed by atoms with Crippen molar-refractivity contribution in [3.63, 3.8) is 0 Å². The van der Waals surface area contributed by atoms with E-state index < -0.39 is 11.2 Å². The summed E-state index contributed by atoms with van der Waals surface area (Å²) in [6, 6.07) is 9.56. The van der Waals surface area contributed by atoms with Gasteiger partial charge in [-0.1, -0.05) is 18.2 Å². The second-order valence-electron chi connectivity index (χ2n) is 9.65. The Hall–Kier alpha value is -4.21. The molecule has 3 amide bonds. The van der Waals surface area contributed by atoms with Gasteiger partial charge in [0.1, 0.15) is 6.54 Å². The van der Waals surface area contributed by atoms with E-state index in [2.05, 4.69) is 10.3 Å². The van der Waals surface area contributed by atoms with E-state index in [1.165, 1.54) is 17.8 Å². The lowest BCUT2D eigenvalue weighted by Gasteiger charge is -2.38. The van der Waals surface area contributed by atoms with Crippen molar-refractivity contribution in [2.24, 2.45) is 7.05 Å². The molecule has 2 aliphatic heterocycles. The van der Waals surface area contributed by atoms with Gasteiger partial charge in [-0.3, -0.25) is 23.7 Å². The Morgan fingerprint density at radius 1 is 1.05 bits per heavy atom. The molecule has 3 aromatic rings. The predicted molar refractivity (Wildman–Crippen MR) is 139 cm³/mol. The molecular weight excluding hydrogens is 472 g/mol. The molecule has 1 fully saturated rings. The van der Waals surface area contributed by atoms with Crippen LogP contribution in [0.5, 0.6) is 0 Å². The first-order valence-electron chi connectivity index (χ1n) is 12.5. The monoisotopic (exact) mass is 502 g/mol. The van der Waals surface area contributed by atoms with Gasteiger partial charge in [0.05, 0.1) is 5.56 Å². The third-order valence-electron chi connectivity index (χ3n) is 7.39. The second kappa shape index (κ2) is 10.0. The van der Waals surface area contributed by atoms with Crippen molar-refractivity contribution in [2.75, 3.05) is 25.0 Å². The van der Waals surface area contributed by atoms with Crippen molar-refractivity contribution in [3.8, 4) is 11.1 Å². The van der Waals surface area contributed by atoms with Crippen LogP contribution in [-0.4, -0.2) is 61.5 Å². The number of anilines is 1. The van der Waals surface area contributed by atoms with Crippen molar-refractivity contribution >= 4 is 17.6 Å². The van der Waals surface area contributed by atoms with Crippen molar-refractivity contribution < 1.29 is 9.59 Å². The highest BCUT2D eigenvalue weighted by molar-refractivity contribution is 5.91. The average Bonchev–Trinajstić information content (AvgIpc) is 3.07. The summed E-state index contributed by atoms with van der Waals surface area (Å²) in [5.41, 5.74) is 2.81. The van der Waals surface area contributed by atoms with Gasteiger partial charge in [-0.05, 0) is 49.4 Å². The van der Waals surface area contributed by atoms with E-state index in [0.29, 0.717) is 43.6 Å². The van der Waals surface area contributed by atoms with E-state index in [0.717, 1.165) is 27.8 Å². The summed E-state index contributed by atoms with van der Waals surface area (Å²) in [4.78, 5) is 59.3. The Balaban J connectivity index is 1.27. The minimum absolute atomic E-state index is 0.0405. The third-order valence-corrected chi connectivity index (χ3v) is 7.39. The number of aryl methyl sites for hydroxylation is 1. The quantitative estimate of drug-likeness (QED) is 0.587. The first kappa shape index (κ1) is 24.5. The molecule has 0 spiro atoms. The van der Waals surface area contributed by atoms with Crippen LogP contribution in [0.25, 0.3) is 11.1 Å². The number of hydrogen-bond acceptors (Lipinski definition) is 5. The number of urea groups is 1. The molecule has 0 unspecified atom stereocenters. The molecule has 192 valence electrons. The van der Waals surface area contributed by atoms with Crippen LogP contribution >= 0.6 is 0 Å². The Kier molecular flexibility index (Phi) is 6.64. The van der Waals surface area contributed by atoms with Crippen LogP contribution in [0.15, 0.2) is 58.5 Å². The smallest absolute Gasteiger partial charge is 0.331 e. The van der Waals surface area contributed by atoms with Gasteiger partial charge in [0.2, 0.25) is 5.91 Å². The lowest BCUT2D eigenvalue weighted by Crippen LogP contribution is -2.51. The zero-order valence-corrected chi connectivity index (χ0v) is 21.0. The van der Waals surface area contributed by atoms with Crippen LogP contribution < -0.4 is 16.6 Å². The van der Waals surface area contributed by atoms with Gasteiger partial charge in [-0.25, -0.2) is 9.59 Å². The van der Waals surface area contributed by atoms with Gasteiger partial charge < -0.3 is 15.1 Å². The highest BCUT2D eigenvalue weighted by Gasteiger charge is 2.31.